The molecule has 1 saturated carbocycles. The molecule has 0 spiro atoms. The Hall–Kier alpha value is -3.17. The molecule has 10 nitrogen and oxygen atoms in total. The summed E-state index contributed by atoms with van der Waals surface area (Å²) in [5.74, 6) is -0.492. The fourth-order valence-corrected chi connectivity index (χ4v) is 3.70. The molecule has 0 bridgehead atoms. The zero-order chi connectivity index (χ0) is 23.3. The normalized spacial score (nSPS) is 19.2. The third-order valence-electron chi connectivity index (χ3n) is 5.78. The number of hydrogen-bond donors (Lipinski definition) is 2. The number of amides is 1. The Kier molecular flexibility index (Phi) is 7.66. The number of carbonyl (C=O) groups is 2. The minimum absolute atomic E-state index is 0.135. The van der Waals surface area contributed by atoms with Gasteiger partial charge in [0.15, 0.2) is 0 Å². The van der Waals surface area contributed by atoms with E-state index in [1.807, 2.05) is 26.8 Å². The van der Waals surface area contributed by atoms with Gasteiger partial charge in [0.25, 0.3) is 0 Å². The van der Waals surface area contributed by atoms with Crippen molar-refractivity contribution in [2.24, 2.45) is 13.0 Å². The van der Waals surface area contributed by atoms with Gasteiger partial charge in [0.2, 0.25) is 0 Å². The van der Waals surface area contributed by atoms with Gasteiger partial charge in [-0.1, -0.05) is 12.1 Å². The number of nitrogens with one attached hydrogen (secondary N) is 1. The summed E-state index contributed by atoms with van der Waals surface area (Å²) in [6.45, 7) is 5.82. The molecule has 3 atom stereocenters. The second-order valence-corrected chi connectivity index (χ2v) is 8.21. The average molecular weight is 446 g/mol. The molecule has 1 aliphatic rings. The minimum Gasteiger partial charge on any atom is -0.489 e. The summed E-state index contributed by atoms with van der Waals surface area (Å²) in [4.78, 5) is 27.9. The predicted molar refractivity (Wildman–Crippen MR) is 116 cm³/mol. The lowest BCUT2D eigenvalue weighted by atomic mass is 9.87. The molecule has 0 aromatic carbocycles. The fourth-order valence-electron chi connectivity index (χ4n) is 3.70. The number of nitrogens with zero attached hydrogens (tertiary/aromatic N) is 4. The average Bonchev–Trinajstić information content (AvgIpc) is 3.14. The van der Waals surface area contributed by atoms with Gasteiger partial charge in [-0.2, -0.15) is 0 Å². The second kappa shape index (κ2) is 10.4. The van der Waals surface area contributed by atoms with E-state index in [2.05, 4.69) is 20.6 Å². The lowest BCUT2D eigenvalue weighted by Crippen LogP contribution is -2.29. The Morgan fingerprint density at radius 2 is 2.12 bits per heavy atom. The van der Waals surface area contributed by atoms with E-state index in [-0.39, 0.29) is 24.7 Å². The van der Waals surface area contributed by atoms with Gasteiger partial charge in [-0.3, -0.25) is 4.79 Å². The van der Waals surface area contributed by atoms with E-state index in [1.54, 1.807) is 17.8 Å². The van der Waals surface area contributed by atoms with E-state index < -0.39 is 12.1 Å². The summed E-state index contributed by atoms with van der Waals surface area (Å²) in [5.41, 5.74) is 2.56. The number of carbonyl (C=O) groups excluding carboxylic acids is 1. The SMILES string of the molecule is CC[C@H](C)OC(=O)NCc1c(-c2ccc(O[C@H]3CCC[C@H](C(=O)O)C3)c(C)n2)nnn1C. The van der Waals surface area contributed by atoms with Gasteiger partial charge in [0.1, 0.15) is 17.5 Å². The summed E-state index contributed by atoms with van der Waals surface area (Å²) >= 11 is 0. The number of hydrogen-bond acceptors (Lipinski definition) is 7. The quantitative estimate of drug-likeness (QED) is 0.634. The third kappa shape index (κ3) is 5.74. The molecule has 0 radical (unpaired) electrons. The van der Waals surface area contributed by atoms with Crippen LogP contribution in [-0.2, 0) is 23.1 Å². The van der Waals surface area contributed by atoms with Crippen LogP contribution in [0.15, 0.2) is 12.1 Å². The molecule has 174 valence electrons. The van der Waals surface area contributed by atoms with E-state index in [0.717, 1.165) is 19.3 Å². The van der Waals surface area contributed by atoms with Crippen molar-refractivity contribution in [2.75, 3.05) is 0 Å². The van der Waals surface area contributed by atoms with Gasteiger partial charge < -0.3 is 19.9 Å². The molecule has 2 aromatic rings. The van der Waals surface area contributed by atoms with Crippen molar-refractivity contribution < 1.29 is 24.2 Å². The lowest BCUT2D eigenvalue weighted by molar-refractivity contribution is -0.143. The summed E-state index contributed by atoms with van der Waals surface area (Å²) in [6.07, 6.45) is 2.81. The van der Waals surface area contributed by atoms with Gasteiger partial charge >= 0.3 is 12.1 Å². The monoisotopic (exact) mass is 445 g/mol. The number of ether oxygens (including phenoxy) is 2. The molecule has 0 saturated heterocycles. The highest BCUT2D eigenvalue weighted by Crippen LogP contribution is 2.30. The zero-order valence-electron chi connectivity index (χ0n) is 19.0. The van der Waals surface area contributed by atoms with Crippen LogP contribution in [0.3, 0.4) is 0 Å². The summed E-state index contributed by atoms with van der Waals surface area (Å²) in [7, 11) is 1.75. The van der Waals surface area contributed by atoms with E-state index in [1.165, 1.54) is 0 Å². The van der Waals surface area contributed by atoms with Crippen LogP contribution < -0.4 is 10.1 Å². The van der Waals surface area contributed by atoms with Crippen molar-refractivity contribution in [1.29, 1.82) is 0 Å². The number of aromatic nitrogens is 4. The molecule has 2 aromatic heterocycles. The van der Waals surface area contributed by atoms with Crippen molar-refractivity contribution in [1.82, 2.24) is 25.3 Å². The molecule has 2 heterocycles. The Labute approximate surface area is 187 Å². The Morgan fingerprint density at radius 3 is 2.81 bits per heavy atom. The van der Waals surface area contributed by atoms with E-state index in [9.17, 15) is 14.7 Å². The first-order valence-electron chi connectivity index (χ1n) is 11.0. The molecular weight excluding hydrogens is 414 g/mol. The van der Waals surface area contributed by atoms with Crippen molar-refractivity contribution in [3.05, 3.63) is 23.5 Å². The highest BCUT2D eigenvalue weighted by atomic mass is 16.6. The van der Waals surface area contributed by atoms with Gasteiger partial charge in [0.05, 0.1) is 35.6 Å². The molecule has 1 fully saturated rings. The van der Waals surface area contributed by atoms with Crippen LogP contribution in [-0.4, -0.2) is 49.4 Å². The summed E-state index contributed by atoms with van der Waals surface area (Å²) in [5, 5.41) is 20.3. The van der Waals surface area contributed by atoms with Gasteiger partial charge in [-0.15, -0.1) is 5.10 Å². The maximum atomic E-state index is 12.0. The van der Waals surface area contributed by atoms with Crippen LogP contribution in [0.25, 0.3) is 11.4 Å². The smallest absolute Gasteiger partial charge is 0.407 e. The van der Waals surface area contributed by atoms with Gasteiger partial charge in [-0.25, -0.2) is 14.5 Å². The van der Waals surface area contributed by atoms with Gasteiger partial charge in [0, 0.05) is 7.05 Å². The minimum atomic E-state index is -0.764. The molecule has 1 amide bonds. The van der Waals surface area contributed by atoms with E-state index in [4.69, 9.17) is 9.47 Å². The maximum absolute atomic E-state index is 12.0. The number of alkyl carbamates (subject to hydrolysis) is 1. The highest BCUT2D eigenvalue weighted by molar-refractivity contribution is 5.70. The van der Waals surface area contributed by atoms with Crippen molar-refractivity contribution >= 4 is 12.1 Å². The number of carboxylic acids is 1. The van der Waals surface area contributed by atoms with Crippen LogP contribution >= 0.6 is 0 Å². The molecule has 10 heteroatoms. The summed E-state index contributed by atoms with van der Waals surface area (Å²) < 4.78 is 12.9. The maximum Gasteiger partial charge on any atom is 0.407 e. The first-order valence-corrected chi connectivity index (χ1v) is 11.0. The largest absolute Gasteiger partial charge is 0.489 e. The molecule has 1 aliphatic carbocycles. The molecule has 32 heavy (non-hydrogen) atoms. The Morgan fingerprint density at radius 1 is 1.34 bits per heavy atom. The van der Waals surface area contributed by atoms with Crippen LogP contribution in [0.4, 0.5) is 4.79 Å². The molecule has 2 N–H and O–H groups in total. The second-order valence-electron chi connectivity index (χ2n) is 8.21. The van der Waals surface area contributed by atoms with Gasteiger partial charge in [-0.05, 0) is 58.1 Å². The Balaban J connectivity index is 1.70. The van der Waals surface area contributed by atoms with Crippen molar-refractivity contribution in [3.63, 3.8) is 0 Å². The first-order chi connectivity index (χ1) is 15.3. The molecular formula is C22H31N5O5. The number of carboxylic acid groups (broad SMARTS) is 1. The zero-order valence-corrected chi connectivity index (χ0v) is 19.0. The molecule has 0 aliphatic heterocycles. The number of rotatable bonds is 8. The molecule has 0 unspecified atom stereocenters. The topological polar surface area (TPSA) is 128 Å². The highest BCUT2D eigenvalue weighted by Gasteiger charge is 2.28. The number of pyridine rings is 1. The fraction of sp³-hybridized carbons (Fsp3) is 0.591. The van der Waals surface area contributed by atoms with E-state index >= 15 is 0 Å². The van der Waals surface area contributed by atoms with Crippen LogP contribution in [0.5, 0.6) is 5.75 Å². The van der Waals surface area contributed by atoms with Crippen LogP contribution in [0.1, 0.15) is 57.3 Å². The first kappa shape index (κ1) is 23.5. The molecule has 3 rings (SSSR count). The Bertz CT molecular complexity index is 960. The van der Waals surface area contributed by atoms with Crippen LogP contribution in [0, 0.1) is 12.8 Å². The summed E-state index contributed by atoms with van der Waals surface area (Å²) in [6, 6.07) is 3.62. The van der Waals surface area contributed by atoms with E-state index in [0.29, 0.717) is 41.4 Å². The van der Waals surface area contributed by atoms with Crippen molar-refractivity contribution in [3.8, 4) is 17.1 Å². The van der Waals surface area contributed by atoms with Crippen molar-refractivity contribution in [2.45, 2.75) is 71.6 Å². The standard InChI is InChI=1S/C22H31N5O5/c1-5-13(2)31-22(30)23-12-18-20(25-26-27(18)4)17-9-10-19(14(3)24-17)32-16-8-6-7-15(11-16)21(28)29/h9-10,13,15-16H,5-8,11-12H2,1-4H3,(H,23,30)(H,28,29)/t13-,15-,16-/m0/s1. The van der Waals surface area contributed by atoms with Crippen LogP contribution in [0.2, 0.25) is 0 Å². The third-order valence-corrected chi connectivity index (χ3v) is 5.78. The lowest BCUT2D eigenvalue weighted by Gasteiger charge is -2.27. The number of aliphatic carboxylic acids is 1. The predicted octanol–water partition coefficient (Wildman–Crippen LogP) is 3.23. The number of aryl methyl sites for hydroxylation is 2.